The number of benzene rings is 1. The van der Waals surface area contributed by atoms with Gasteiger partial charge < -0.3 is 5.32 Å². The first-order valence-corrected chi connectivity index (χ1v) is 6.36. The Kier molecular flexibility index (Phi) is 4.49. The number of rotatable bonds is 3. The summed E-state index contributed by atoms with van der Waals surface area (Å²) in [6.45, 7) is 0. The van der Waals surface area contributed by atoms with Gasteiger partial charge in [0.2, 0.25) is 0 Å². The molecule has 21 heavy (non-hydrogen) atoms. The lowest BCUT2D eigenvalue weighted by Crippen LogP contribution is -2.19. The minimum absolute atomic E-state index is 0.345. The summed E-state index contributed by atoms with van der Waals surface area (Å²) in [6.07, 6.45) is -3.29. The fourth-order valence-corrected chi connectivity index (χ4v) is 2.10. The molecule has 1 aromatic carbocycles. The molecule has 1 aromatic heterocycles. The summed E-state index contributed by atoms with van der Waals surface area (Å²) in [6, 6.07) is 5.52. The first-order chi connectivity index (χ1) is 9.82. The average molecular weight is 319 g/mol. The van der Waals surface area contributed by atoms with Crippen LogP contribution in [0.2, 0.25) is 5.02 Å². The van der Waals surface area contributed by atoms with Crippen LogP contribution < -0.4 is 5.32 Å². The molecule has 2 rings (SSSR count). The van der Waals surface area contributed by atoms with Gasteiger partial charge in [-0.25, -0.2) is 4.39 Å². The van der Waals surface area contributed by atoms with E-state index < -0.39 is 23.6 Å². The molecule has 2 aromatic rings. The lowest BCUT2D eigenvalue weighted by Gasteiger charge is -2.17. The normalized spacial score (nSPS) is 13.2. The highest BCUT2D eigenvalue weighted by Gasteiger charge is 2.34. The first-order valence-electron chi connectivity index (χ1n) is 5.98. The molecule has 2 nitrogen and oxygen atoms in total. The van der Waals surface area contributed by atoms with Gasteiger partial charge in [0, 0.05) is 6.20 Å². The predicted molar refractivity (Wildman–Crippen MR) is 71.6 cm³/mol. The van der Waals surface area contributed by atoms with E-state index in [1.165, 1.54) is 12.3 Å². The van der Waals surface area contributed by atoms with Crippen molar-refractivity contribution in [2.45, 2.75) is 12.2 Å². The molecule has 1 unspecified atom stereocenters. The van der Waals surface area contributed by atoms with Gasteiger partial charge in [-0.05, 0) is 36.9 Å². The molecule has 0 amide bonds. The highest BCUT2D eigenvalue weighted by molar-refractivity contribution is 6.30. The average Bonchev–Trinajstić information content (AvgIpc) is 2.40. The van der Waals surface area contributed by atoms with Crippen molar-refractivity contribution in [2.75, 3.05) is 7.05 Å². The van der Waals surface area contributed by atoms with E-state index >= 15 is 0 Å². The van der Waals surface area contributed by atoms with Gasteiger partial charge in [0.05, 0.1) is 22.3 Å². The second-order valence-electron chi connectivity index (χ2n) is 4.36. The summed E-state index contributed by atoms with van der Waals surface area (Å²) >= 11 is 5.73. The number of hydrogen-bond acceptors (Lipinski definition) is 2. The summed E-state index contributed by atoms with van der Waals surface area (Å²) in [5.74, 6) is -1.31. The number of halogens is 5. The highest BCUT2D eigenvalue weighted by atomic mass is 35.5. The fraction of sp³-hybridized carbons (Fsp3) is 0.214. The van der Waals surface area contributed by atoms with Crippen LogP contribution in [0.3, 0.4) is 0 Å². The summed E-state index contributed by atoms with van der Waals surface area (Å²) in [5, 5.41) is 3.32. The summed E-state index contributed by atoms with van der Waals surface area (Å²) < 4.78 is 51.3. The van der Waals surface area contributed by atoms with Crippen LogP contribution in [0.5, 0.6) is 0 Å². The molecule has 0 saturated carbocycles. The Bertz CT molecular complexity index is 626. The smallest absolute Gasteiger partial charge is 0.308 e. The van der Waals surface area contributed by atoms with E-state index in [4.69, 9.17) is 11.6 Å². The number of nitrogens with zero attached hydrogens (tertiary/aromatic N) is 1. The highest BCUT2D eigenvalue weighted by Crippen LogP contribution is 2.33. The van der Waals surface area contributed by atoms with Crippen molar-refractivity contribution in [3.05, 3.63) is 64.2 Å². The molecule has 0 fully saturated rings. The quantitative estimate of drug-likeness (QED) is 0.858. The summed E-state index contributed by atoms with van der Waals surface area (Å²) in [7, 11) is 1.61. The van der Waals surface area contributed by atoms with Crippen LogP contribution in [0.1, 0.15) is 22.9 Å². The van der Waals surface area contributed by atoms with Gasteiger partial charge in [0.1, 0.15) is 5.82 Å². The van der Waals surface area contributed by atoms with E-state index in [-0.39, 0.29) is 0 Å². The third kappa shape index (κ3) is 3.51. The number of nitrogens with one attached hydrogen (secondary N) is 1. The van der Waals surface area contributed by atoms with Crippen LogP contribution in [0.15, 0.2) is 36.5 Å². The molecule has 7 heteroatoms. The zero-order valence-corrected chi connectivity index (χ0v) is 11.6. The zero-order chi connectivity index (χ0) is 15.6. The van der Waals surface area contributed by atoms with Gasteiger partial charge in [0.15, 0.2) is 0 Å². The fourth-order valence-electron chi connectivity index (χ4n) is 1.98. The second kappa shape index (κ2) is 5.99. The Morgan fingerprint density at radius 2 is 1.90 bits per heavy atom. The van der Waals surface area contributed by atoms with Crippen molar-refractivity contribution < 1.29 is 17.6 Å². The van der Waals surface area contributed by atoms with Gasteiger partial charge in [-0.2, -0.15) is 13.2 Å². The monoisotopic (exact) mass is 318 g/mol. The molecule has 0 aliphatic carbocycles. The van der Waals surface area contributed by atoms with Gasteiger partial charge >= 0.3 is 6.18 Å². The summed E-state index contributed by atoms with van der Waals surface area (Å²) in [5.41, 5.74) is -0.413. The molecule has 112 valence electrons. The Morgan fingerprint density at radius 1 is 1.19 bits per heavy atom. The number of alkyl halides is 3. The van der Waals surface area contributed by atoms with Crippen LogP contribution in [0.25, 0.3) is 0 Å². The Morgan fingerprint density at radius 3 is 2.38 bits per heavy atom. The van der Waals surface area contributed by atoms with Crippen LogP contribution in [0.4, 0.5) is 17.6 Å². The van der Waals surface area contributed by atoms with E-state index in [1.54, 1.807) is 19.2 Å². The maximum atomic E-state index is 13.6. The molecular formula is C14H11ClF4N2. The van der Waals surface area contributed by atoms with E-state index in [2.05, 4.69) is 10.3 Å². The SMILES string of the molecule is CNC(c1ccc(C(F)(F)F)c(F)c1)c1ccc(Cl)cn1. The van der Waals surface area contributed by atoms with E-state index in [0.29, 0.717) is 16.3 Å². The zero-order valence-electron chi connectivity index (χ0n) is 10.9. The third-order valence-electron chi connectivity index (χ3n) is 2.97. The summed E-state index contributed by atoms with van der Waals surface area (Å²) in [4.78, 5) is 4.09. The van der Waals surface area contributed by atoms with Gasteiger partial charge in [-0.15, -0.1) is 0 Å². The van der Waals surface area contributed by atoms with Crippen molar-refractivity contribution in [3.8, 4) is 0 Å². The van der Waals surface area contributed by atoms with Crippen LogP contribution in [-0.2, 0) is 6.18 Å². The molecule has 0 spiro atoms. The van der Waals surface area contributed by atoms with E-state index in [9.17, 15) is 17.6 Å². The van der Waals surface area contributed by atoms with Gasteiger partial charge in [-0.3, -0.25) is 4.98 Å². The van der Waals surface area contributed by atoms with E-state index in [1.807, 2.05) is 0 Å². The Hall–Kier alpha value is -1.66. The molecule has 1 atom stereocenters. The van der Waals surface area contributed by atoms with Gasteiger partial charge in [0.25, 0.3) is 0 Å². The Balaban J connectivity index is 2.40. The standard InChI is InChI=1S/C14H11ClF4N2/c1-20-13(12-5-3-9(15)7-21-12)8-2-4-10(11(16)6-8)14(17,18)19/h2-7,13,20H,1H3. The van der Waals surface area contributed by atoms with Crippen molar-refractivity contribution >= 4 is 11.6 Å². The lowest BCUT2D eigenvalue weighted by atomic mass is 10.0. The molecule has 1 heterocycles. The predicted octanol–water partition coefficient (Wildman–Crippen LogP) is 4.20. The third-order valence-corrected chi connectivity index (χ3v) is 3.19. The van der Waals surface area contributed by atoms with Crippen LogP contribution >= 0.6 is 11.6 Å². The maximum Gasteiger partial charge on any atom is 0.419 e. The number of pyridine rings is 1. The molecule has 0 aliphatic heterocycles. The minimum Gasteiger partial charge on any atom is -0.308 e. The van der Waals surface area contributed by atoms with Crippen molar-refractivity contribution in [2.24, 2.45) is 0 Å². The largest absolute Gasteiger partial charge is 0.419 e. The molecule has 0 bridgehead atoms. The lowest BCUT2D eigenvalue weighted by molar-refractivity contribution is -0.140. The van der Waals surface area contributed by atoms with E-state index in [0.717, 1.165) is 12.1 Å². The van der Waals surface area contributed by atoms with Gasteiger partial charge in [-0.1, -0.05) is 17.7 Å². The molecule has 1 N–H and O–H groups in total. The van der Waals surface area contributed by atoms with Crippen molar-refractivity contribution in [1.82, 2.24) is 10.3 Å². The van der Waals surface area contributed by atoms with Crippen molar-refractivity contribution in [1.29, 1.82) is 0 Å². The van der Waals surface area contributed by atoms with Crippen LogP contribution in [0, 0.1) is 5.82 Å². The number of aromatic nitrogens is 1. The first kappa shape index (κ1) is 15.7. The molecular weight excluding hydrogens is 308 g/mol. The number of hydrogen-bond donors (Lipinski definition) is 1. The second-order valence-corrected chi connectivity index (χ2v) is 4.80. The topological polar surface area (TPSA) is 24.9 Å². The molecule has 0 saturated heterocycles. The molecule has 0 radical (unpaired) electrons. The maximum absolute atomic E-state index is 13.6. The Labute approximate surface area is 123 Å². The van der Waals surface area contributed by atoms with Crippen molar-refractivity contribution in [3.63, 3.8) is 0 Å². The van der Waals surface area contributed by atoms with Crippen LogP contribution in [-0.4, -0.2) is 12.0 Å². The minimum atomic E-state index is -4.71. The molecule has 0 aliphatic rings.